The highest BCUT2D eigenvalue weighted by Crippen LogP contribution is 2.33. The zero-order valence-electron chi connectivity index (χ0n) is 15.0. The number of urea groups is 1. The second-order valence-corrected chi connectivity index (χ2v) is 6.89. The van der Waals surface area contributed by atoms with Crippen LogP contribution >= 0.6 is 0 Å². The van der Waals surface area contributed by atoms with E-state index in [0.717, 1.165) is 19.3 Å². The predicted octanol–water partition coefficient (Wildman–Crippen LogP) is 0.858. The second kappa shape index (κ2) is 7.02. The summed E-state index contributed by atoms with van der Waals surface area (Å²) in [6, 6.07) is 3.82. The molecule has 1 spiro atoms. The average Bonchev–Trinajstić information content (AvgIpc) is 3.25. The molecule has 3 aliphatic rings. The molecule has 0 radical (unpaired) electrons. The van der Waals surface area contributed by atoms with E-state index in [9.17, 15) is 19.2 Å². The highest BCUT2D eigenvalue weighted by atomic mass is 16.7. The first kappa shape index (κ1) is 18.1. The molecule has 2 N–H and O–H groups in total. The Bertz CT molecular complexity index is 848. The molecule has 1 aliphatic carbocycles. The summed E-state index contributed by atoms with van der Waals surface area (Å²) in [7, 11) is 0. The number of carbonyl (C=O) groups is 4. The van der Waals surface area contributed by atoms with Gasteiger partial charge in [0.1, 0.15) is 5.54 Å². The number of benzene rings is 1. The van der Waals surface area contributed by atoms with Crippen molar-refractivity contribution in [3.8, 4) is 11.5 Å². The molecule has 0 atom stereocenters. The summed E-state index contributed by atoms with van der Waals surface area (Å²) in [5.74, 6) is -1.08. The van der Waals surface area contributed by atoms with Gasteiger partial charge in [-0.2, -0.15) is 5.01 Å². The number of amides is 4. The molecule has 148 valence electrons. The Hall–Kier alpha value is -3.30. The number of fused-ring (bicyclic) bond motifs is 1. The van der Waals surface area contributed by atoms with Crippen LogP contribution in [0, 0.1) is 0 Å². The van der Waals surface area contributed by atoms with Crippen LogP contribution in [0.15, 0.2) is 18.2 Å². The lowest BCUT2D eigenvalue weighted by atomic mass is 9.82. The van der Waals surface area contributed by atoms with E-state index in [1.165, 1.54) is 12.1 Å². The van der Waals surface area contributed by atoms with E-state index in [2.05, 4.69) is 10.7 Å². The first-order chi connectivity index (χ1) is 13.5. The van der Waals surface area contributed by atoms with Crippen LogP contribution in [0.2, 0.25) is 0 Å². The number of carbonyl (C=O) groups excluding carboxylic acids is 4. The SMILES string of the molecule is O=C(COC(=O)c1ccc2c(c1)OCO2)NN1C(=O)NC2(CCCCC2)C1=O. The minimum absolute atomic E-state index is 0.0731. The first-order valence-corrected chi connectivity index (χ1v) is 9.01. The lowest BCUT2D eigenvalue weighted by Crippen LogP contribution is -2.51. The average molecular weight is 389 g/mol. The van der Waals surface area contributed by atoms with Gasteiger partial charge in [0.25, 0.3) is 11.8 Å². The fourth-order valence-electron chi connectivity index (χ4n) is 3.61. The van der Waals surface area contributed by atoms with Crippen LogP contribution in [0.5, 0.6) is 11.5 Å². The molecule has 0 bridgehead atoms. The van der Waals surface area contributed by atoms with Crippen molar-refractivity contribution < 1.29 is 33.4 Å². The molecular formula is C18H19N3O7. The Morgan fingerprint density at radius 2 is 1.89 bits per heavy atom. The highest BCUT2D eigenvalue weighted by Gasteiger charge is 2.52. The third-order valence-electron chi connectivity index (χ3n) is 5.05. The summed E-state index contributed by atoms with van der Waals surface area (Å²) < 4.78 is 15.3. The van der Waals surface area contributed by atoms with Gasteiger partial charge in [0.05, 0.1) is 5.56 Å². The number of imide groups is 1. The van der Waals surface area contributed by atoms with Crippen LogP contribution in [-0.4, -0.2) is 47.8 Å². The highest BCUT2D eigenvalue weighted by molar-refractivity contribution is 6.08. The summed E-state index contributed by atoms with van der Waals surface area (Å²) in [4.78, 5) is 48.9. The Morgan fingerprint density at radius 3 is 2.68 bits per heavy atom. The number of ether oxygens (including phenoxy) is 3. The van der Waals surface area contributed by atoms with Gasteiger partial charge in [0.15, 0.2) is 18.1 Å². The van der Waals surface area contributed by atoms with Gasteiger partial charge in [-0.15, -0.1) is 0 Å². The van der Waals surface area contributed by atoms with Crippen molar-refractivity contribution in [1.29, 1.82) is 0 Å². The molecule has 1 saturated heterocycles. The van der Waals surface area contributed by atoms with E-state index >= 15 is 0 Å². The third kappa shape index (κ3) is 3.21. The van der Waals surface area contributed by atoms with Gasteiger partial charge < -0.3 is 19.5 Å². The van der Waals surface area contributed by atoms with Gasteiger partial charge in [-0.25, -0.2) is 9.59 Å². The molecule has 0 aromatic heterocycles. The summed E-state index contributed by atoms with van der Waals surface area (Å²) >= 11 is 0. The molecule has 1 aromatic carbocycles. The largest absolute Gasteiger partial charge is 0.454 e. The Morgan fingerprint density at radius 1 is 1.14 bits per heavy atom. The van der Waals surface area contributed by atoms with E-state index in [1.807, 2.05) is 0 Å². The third-order valence-corrected chi connectivity index (χ3v) is 5.05. The van der Waals surface area contributed by atoms with E-state index in [4.69, 9.17) is 14.2 Å². The lowest BCUT2D eigenvalue weighted by Gasteiger charge is -2.30. The maximum atomic E-state index is 12.6. The van der Waals surface area contributed by atoms with E-state index < -0.39 is 36.0 Å². The maximum Gasteiger partial charge on any atom is 0.344 e. The van der Waals surface area contributed by atoms with Gasteiger partial charge in [0, 0.05) is 0 Å². The standard InChI is InChI=1S/C18H19N3O7/c22-14(9-26-15(23)11-4-5-12-13(8-11)28-10-27-12)20-21-16(24)18(19-17(21)25)6-2-1-3-7-18/h4-5,8H,1-3,6-7,9-10H2,(H,19,25)(H,20,22). The van der Waals surface area contributed by atoms with Crippen molar-refractivity contribution in [2.24, 2.45) is 0 Å². The Kier molecular flexibility index (Phi) is 4.54. The molecule has 28 heavy (non-hydrogen) atoms. The maximum absolute atomic E-state index is 12.6. The fraction of sp³-hybridized carbons (Fsp3) is 0.444. The van der Waals surface area contributed by atoms with Crippen LogP contribution in [0.1, 0.15) is 42.5 Å². The molecule has 0 unspecified atom stereocenters. The summed E-state index contributed by atoms with van der Waals surface area (Å²) in [5, 5.41) is 3.35. The topological polar surface area (TPSA) is 123 Å². The van der Waals surface area contributed by atoms with Crippen LogP contribution in [0.3, 0.4) is 0 Å². The monoisotopic (exact) mass is 389 g/mol. The molecule has 4 amide bonds. The van der Waals surface area contributed by atoms with Crippen LogP contribution in [0.25, 0.3) is 0 Å². The van der Waals surface area contributed by atoms with E-state index in [0.29, 0.717) is 29.3 Å². The first-order valence-electron chi connectivity index (χ1n) is 9.01. The molecular weight excluding hydrogens is 370 g/mol. The normalized spacial score (nSPS) is 19.5. The number of hydrogen-bond donors (Lipinski definition) is 2. The number of hydrazine groups is 1. The minimum atomic E-state index is -0.939. The zero-order chi connectivity index (χ0) is 19.7. The van der Waals surface area contributed by atoms with Crippen molar-refractivity contribution >= 4 is 23.8 Å². The molecule has 1 aromatic rings. The van der Waals surface area contributed by atoms with Crippen molar-refractivity contribution in [3.63, 3.8) is 0 Å². The van der Waals surface area contributed by atoms with Gasteiger partial charge in [-0.3, -0.25) is 15.0 Å². The number of hydrogen-bond acceptors (Lipinski definition) is 7. The van der Waals surface area contributed by atoms with Gasteiger partial charge in [-0.05, 0) is 31.0 Å². The van der Waals surface area contributed by atoms with Crippen LogP contribution < -0.4 is 20.2 Å². The van der Waals surface area contributed by atoms with Crippen LogP contribution in [0.4, 0.5) is 4.79 Å². The minimum Gasteiger partial charge on any atom is -0.454 e. The predicted molar refractivity (Wildman–Crippen MR) is 92.2 cm³/mol. The molecule has 1 saturated carbocycles. The Labute approximate surface area is 160 Å². The summed E-state index contributed by atoms with van der Waals surface area (Å²) in [6.07, 6.45) is 3.76. The van der Waals surface area contributed by atoms with Crippen LogP contribution in [-0.2, 0) is 14.3 Å². The quantitative estimate of drug-likeness (QED) is 0.578. The van der Waals surface area contributed by atoms with Gasteiger partial charge in [-0.1, -0.05) is 19.3 Å². The summed E-state index contributed by atoms with van der Waals surface area (Å²) in [6.45, 7) is -0.568. The molecule has 2 fully saturated rings. The van der Waals surface area contributed by atoms with Crippen molar-refractivity contribution in [2.45, 2.75) is 37.6 Å². The van der Waals surface area contributed by atoms with Crippen molar-refractivity contribution in [1.82, 2.24) is 15.8 Å². The van der Waals surface area contributed by atoms with Crippen molar-refractivity contribution in [2.75, 3.05) is 13.4 Å². The lowest BCUT2D eigenvalue weighted by molar-refractivity contribution is -0.140. The molecule has 2 heterocycles. The smallest absolute Gasteiger partial charge is 0.344 e. The zero-order valence-corrected chi connectivity index (χ0v) is 15.0. The number of nitrogens with zero attached hydrogens (tertiary/aromatic N) is 1. The molecule has 2 aliphatic heterocycles. The number of esters is 1. The van der Waals surface area contributed by atoms with Crippen molar-refractivity contribution in [3.05, 3.63) is 23.8 Å². The number of rotatable bonds is 4. The molecule has 10 heteroatoms. The second-order valence-electron chi connectivity index (χ2n) is 6.89. The van der Waals surface area contributed by atoms with E-state index in [-0.39, 0.29) is 12.4 Å². The fourth-order valence-corrected chi connectivity index (χ4v) is 3.61. The number of nitrogens with one attached hydrogen (secondary N) is 2. The Balaban J connectivity index is 1.32. The molecule has 10 nitrogen and oxygen atoms in total. The summed E-state index contributed by atoms with van der Waals surface area (Å²) in [5.41, 5.74) is 1.46. The van der Waals surface area contributed by atoms with E-state index in [1.54, 1.807) is 6.07 Å². The van der Waals surface area contributed by atoms with Gasteiger partial charge in [0.2, 0.25) is 6.79 Å². The molecule has 4 rings (SSSR count). The van der Waals surface area contributed by atoms with Gasteiger partial charge >= 0.3 is 12.0 Å².